The summed E-state index contributed by atoms with van der Waals surface area (Å²) < 4.78 is 16.0. The Labute approximate surface area is 267 Å². The van der Waals surface area contributed by atoms with E-state index in [-0.39, 0.29) is 42.2 Å². The average Bonchev–Trinajstić information content (AvgIpc) is 3.54. The van der Waals surface area contributed by atoms with Crippen molar-refractivity contribution in [2.24, 2.45) is 0 Å². The number of aliphatic hydroxyl groups excluding tert-OH is 1. The Kier molecular flexibility index (Phi) is 8.11. The third-order valence-electron chi connectivity index (χ3n) is 8.36. The highest BCUT2D eigenvalue weighted by molar-refractivity contribution is 6.09. The number of aliphatic hydroxyl groups is 1. The number of carboxylic acids is 1. The van der Waals surface area contributed by atoms with Gasteiger partial charge in [0.05, 0.1) is 23.6 Å². The molecule has 1 aliphatic rings. The first-order valence-electron chi connectivity index (χ1n) is 14.8. The van der Waals surface area contributed by atoms with Crippen molar-refractivity contribution in [1.82, 2.24) is 30.0 Å². The van der Waals surface area contributed by atoms with Crippen molar-refractivity contribution in [1.29, 1.82) is 0 Å². The first-order valence-corrected chi connectivity index (χ1v) is 14.8. The fraction of sp³-hybridized carbons (Fsp3) is 0.242. The Hall–Kier alpha value is -5.76. The molecule has 5 aromatic rings. The molecule has 3 atom stereocenters. The van der Waals surface area contributed by atoms with Crippen LogP contribution in [-0.2, 0) is 32.8 Å². The molecular formula is C33H31FN8O5. The average molecular weight is 639 g/mol. The zero-order valence-corrected chi connectivity index (χ0v) is 25.4. The van der Waals surface area contributed by atoms with Crippen LogP contribution in [0.4, 0.5) is 16.0 Å². The zero-order chi connectivity index (χ0) is 33.5. The number of aryl methyl sites for hydroxylation is 1. The van der Waals surface area contributed by atoms with E-state index in [1.807, 2.05) is 0 Å². The van der Waals surface area contributed by atoms with Gasteiger partial charge in [-0.05, 0) is 49.6 Å². The smallest absolute Gasteiger partial charge is 0.328 e. The first kappa shape index (κ1) is 31.2. The molecule has 0 radical (unpaired) electrons. The normalized spacial score (nSPS) is 16.8. The predicted octanol–water partition coefficient (Wildman–Crippen LogP) is 2.80. The topological polar surface area (TPSA) is 198 Å². The Bertz CT molecular complexity index is 2030. The number of halogens is 1. The number of nitrogens with zero attached hydrogens (tertiary/aromatic N) is 5. The van der Waals surface area contributed by atoms with E-state index in [1.54, 1.807) is 72.4 Å². The van der Waals surface area contributed by atoms with Gasteiger partial charge in [-0.15, -0.1) is 0 Å². The minimum absolute atomic E-state index is 0.000250. The number of carboxylic acid groups (broad SMARTS) is 1. The Morgan fingerprint density at radius 3 is 2.55 bits per heavy atom. The van der Waals surface area contributed by atoms with Gasteiger partial charge in [-0.2, -0.15) is 5.10 Å². The predicted molar refractivity (Wildman–Crippen MR) is 170 cm³/mol. The lowest BCUT2D eigenvalue weighted by molar-refractivity contribution is -0.144. The number of aromatic nitrogens is 5. The molecule has 2 amide bonds. The third-order valence-corrected chi connectivity index (χ3v) is 8.36. The monoisotopic (exact) mass is 638 g/mol. The summed E-state index contributed by atoms with van der Waals surface area (Å²) in [7, 11) is 0. The highest BCUT2D eigenvalue weighted by Gasteiger charge is 2.47. The lowest BCUT2D eigenvalue weighted by atomic mass is 9.77. The van der Waals surface area contributed by atoms with Crippen LogP contribution in [0, 0.1) is 5.82 Å². The molecule has 4 heterocycles. The van der Waals surface area contributed by atoms with Gasteiger partial charge in [0.1, 0.15) is 28.6 Å². The molecule has 0 spiro atoms. The van der Waals surface area contributed by atoms with Crippen LogP contribution in [0.2, 0.25) is 0 Å². The molecule has 240 valence electrons. The second kappa shape index (κ2) is 12.2. The van der Waals surface area contributed by atoms with E-state index >= 15 is 0 Å². The number of aliphatic carboxylic acids is 1. The quantitative estimate of drug-likeness (QED) is 0.152. The van der Waals surface area contributed by atoms with Crippen molar-refractivity contribution >= 4 is 40.5 Å². The summed E-state index contributed by atoms with van der Waals surface area (Å²) in [4.78, 5) is 50.7. The van der Waals surface area contributed by atoms with Crippen LogP contribution in [0.25, 0.3) is 22.6 Å². The Morgan fingerprint density at radius 2 is 1.85 bits per heavy atom. The number of pyridine rings is 1. The van der Waals surface area contributed by atoms with Gasteiger partial charge in [-0.3, -0.25) is 9.59 Å². The third kappa shape index (κ3) is 5.74. The van der Waals surface area contributed by atoms with Gasteiger partial charge in [0.2, 0.25) is 11.8 Å². The molecule has 1 aliphatic heterocycles. The van der Waals surface area contributed by atoms with Crippen molar-refractivity contribution in [3.8, 4) is 11.5 Å². The number of anilines is 2. The van der Waals surface area contributed by atoms with E-state index in [9.17, 15) is 29.0 Å². The van der Waals surface area contributed by atoms with Crippen molar-refractivity contribution in [2.75, 3.05) is 11.1 Å². The van der Waals surface area contributed by atoms with E-state index in [0.717, 1.165) is 5.56 Å². The van der Waals surface area contributed by atoms with Crippen molar-refractivity contribution in [3.63, 3.8) is 0 Å². The summed E-state index contributed by atoms with van der Waals surface area (Å²) >= 11 is 0. The largest absolute Gasteiger partial charge is 0.480 e. The molecule has 13 nitrogen and oxygen atoms in total. The summed E-state index contributed by atoms with van der Waals surface area (Å²) in [6.45, 7) is 3.14. The van der Waals surface area contributed by atoms with Gasteiger partial charge >= 0.3 is 5.97 Å². The number of amides is 2. The second-order valence-electron chi connectivity index (χ2n) is 11.5. The first-order chi connectivity index (χ1) is 22.5. The minimum atomic E-state index is -1.40. The maximum Gasteiger partial charge on any atom is 0.328 e. The van der Waals surface area contributed by atoms with E-state index < -0.39 is 29.4 Å². The zero-order valence-electron chi connectivity index (χ0n) is 25.4. The highest BCUT2D eigenvalue weighted by Crippen LogP contribution is 2.45. The lowest BCUT2D eigenvalue weighted by Crippen LogP contribution is -2.47. The number of hydrogen-bond acceptors (Lipinski definition) is 9. The fourth-order valence-corrected chi connectivity index (χ4v) is 5.76. The van der Waals surface area contributed by atoms with Gasteiger partial charge in [-0.1, -0.05) is 42.5 Å². The number of nitrogens with two attached hydrogens (primary N) is 1. The van der Waals surface area contributed by atoms with Crippen LogP contribution in [0.15, 0.2) is 66.9 Å². The van der Waals surface area contributed by atoms with Crippen molar-refractivity contribution in [3.05, 3.63) is 94.9 Å². The molecule has 0 saturated carbocycles. The van der Waals surface area contributed by atoms with Crippen molar-refractivity contribution in [2.45, 2.75) is 50.8 Å². The molecule has 2 aromatic carbocycles. The summed E-state index contributed by atoms with van der Waals surface area (Å²) in [6, 6.07) is 15.6. The number of carbonyl (C=O) groups excluding carboxylic acids is 2. The molecule has 0 fully saturated rings. The standard InChI is InChI=1S/C33H31FN8O5/c1-17(43)25(31(45)46)37-23(44)14-11-18-9-12-20(13-10-18)33(2)24-27(35)38-29(39-28(24)40-32(33)47)26-21-7-5-15-36-30(21)42(41-26)16-19-6-3-4-8-22(19)34/h3-10,12-13,15,17,25,43H,11,14,16H2,1-2H3,(H,37,44)(H,45,46)(H3,35,38,39,40,47)/t17-,25-,33?/m1/s1. The number of nitrogen functional groups attached to an aromatic ring is 1. The molecule has 1 unspecified atom stereocenters. The number of benzene rings is 2. The summed E-state index contributed by atoms with van der Waals surface area (Å²) in [5.74, 6) is -2.06. The number of fused-ring (bicyclic) bond motifs is 2. The SMILES string of the molecule is C[C@@H](O)[C@@H](NC(=O)CCc1ccc(C2(C)C(=O)Nc3nc(-c4nn(Cc5ccccc5F)c5ncccc45)nc(N)c32)cc1)C(=O)O. The van der Waals surface area contributed by atoms with Crippen LogP contribution in [0.3, 0.4) is 0 Å². The molecule has 6 N–H and O–H groups in total. The Morgan fingerprint density at radius 1 is 1.11 bits per heavy atom. The number of hydrogen-bond donors (Lipinski definition) is 5. The lowest BCUT2D eigenvalue weighted by Gasteiger charge is -2.23. The summed E-state index contributed by atoms with van der Waals surface area (Å²) in [5, 5.41) is 29.2. The van der Waals surface area contributed by atoms with Gasteiger partial charge in [0, 0.05) is 18.2 Å². The molecular weight excluding hydrogens is 607 g/mol. The van der Waals surface area contributed by atoms with E-state index in [2.05, 4.69) is 30.7 Å². The maximum atomic E-state index is 14.5. The molecule has 0 bridgehead atoms. The van der Waals surface area contributed by atoms with Crippen LogP contribution < -0.4 is 16.4 Å². The van der Waals surface area contributed by atoms with Gasteiger partial charge < -0.3 is 26.6 Å². The fourth-order valence-electron chi connectivity index (χ4n) is 5.76. The molecule has 3 aromatic heterocycles. The van der Waals surface area contributed by atoms with Gasteiger partial charge in [-0.25, -0.2) is 28.8 Å². The molecule has 0 saturated heterocycles. The second-order valence-corrected chi connectivity index (χ2v) is 11.5. The minimum Gasteiger partial charge on any atom is -0.480 e. The molecule has 6 rings (SSSR count). The van der Waals surface area contributed by atoms with Crippen LogP contribution in [0.1, 0.15) is 42.5 Å². The molecule has 14 heteroatoms. The highest BCUT2D eigenvalue weighted by atomic mass is 19.1. The van der Waals surface area contributed by atoms with Gasteiger partial charge in [0.15, 0.2) is 17.5 Å². The number of nitrogens with one attached hydrogen (secondary N) is 2. The number of rotatable bonds is 10. The van der Waals surface area contributed by atoms with E-state index in [4.69, 9.17) is 5.73 Å². The van der Waals surface area contributed by atoms with Gasteiger partial charge in [0.25, 0.3) is 0 Å². The number of carbonyl (C=O) groups is 3. The molecule has 47 heavy (non-hydrogen) atoms. The maximum absolute atomic E-state index is 14.5. The van der Waals surface area contributed by atoms with Crippen molar-refractivity contribution < 1.29 is 29.0 Å². The van der Waals surface area contributed by atoms with Crippen LogP contribution >= 0.6 is 0 Å². The van der Waals surface area contributed by atoms with E-state index in [1.165, 1.54) is 13.0 Å². The van der Waals surface area contributed by atoms with E-state index in [0.29, 0.717) is 39.8 Å². The summed E-state index contributed by atoms with van der Waals surface area (Å²) in [5.41, 5.74) is 8.41. The van der Waals surface area contributed by atoms with Crippen LogP contribution in [0.5, 0.6) is 0 Å². The van der Waals surface area contributed by atoms with Crippen LogP contribution in [-0.4, -0.2) is 64.9 Å². The molecule has 0 aliphatic carbocycles. The Balaban J connectivity index is 1.26. The summed E-state index contributed by atoms with van der Waals surface area (Å²) in [6.07, 6.45) is 0.671.